The fourth-order valence-corrected chi connectivity index (χ4v) is 3.19. The summed E-state index contributed by atoms with van der Waals surface area (Å²) in [5, 5.41) is 3.63. The second kappa shape index (κ2) is 7.01. The first-order chi connectivity index (χ1) is 9.99. The Bertz CT molecular complexity index is 488. The van der Waals surface area contributed by atoms with Crippen LogP contribution in [0.25, 0.3) is 0 Å². The molecule has 118 valence electrons. The van der Waals surface area contributed by atoms with E-state index in [1.54, 1.807) is 0 Å². The average Bonchev–Trinajstić information content (AvgIpc) is 2.68. The minimum Gasteiger partial charge on any atom is -0.490 e. The van der Waals surface area contributed by atoms with Crippen molar-refractivity contribution < 1.29 is 9.47 Å². The lowest BCUT2D eigenvalue weighted by Gasteiger charge is -2.35. The maximum absolute atomic E-state index is 5.85. The van der Waals surface area contributed by atoms with Gasteiger partial charge >= 0.3 is 0 Å². The van der Waals surface area contributed by atoms with Crippen LogP contribution in [0.1, 0.15) is 52.1 Å². The highest BCUT2D eigenvalue weighted by Crippen LogP contribution is 2.43. The summed E-state index contributed by atoms with van der Waals surface area (Å²) in [6.45, 7) is 11.4. The van der Waals surface area contributed by atoms with Crippen LogP contribution in [0.2, 0.25) is 0 Å². The zero-order chi connectivity index (χ0) is 15.5. The fourth-order valence-electron chi connectivity index (χ4n) is 2.64. The van der Waals surface area contributed by atoms with E-state index >= 15 is 0 Å². The summed E-state index contributed by atoms with van der Waals surface area (Å²) in [6.07, 6.45) is 2.03. The number of ether oxygens (including phenoxy) is 2. The number of rotatable bonds is 5. The van der Waals surface area contributed by atoms with Crippen LogP contribution >= 0.6 is 15.9 Å². The molecule has 0 amide bonds. The molecule has 1 N–H and O–H groups in total. The predicted octanol–water partition coefficient (Wildman–Crippen LogP) is 4.70. The molecular weight excluding hydrogens is 330 g/mol. The summed E-state index contributed by atoms with van der Waals surface area (Å²) in [5.41, 5.74) is 1.41. The van der Waals surface area contributed by atoms with Gasteiger partial charge in [0.2, 0.25) is 0 Å². The zero-order valence-corrected chi connectivity index (χ0v) is 15.0. The first-order valence-corrected chi connectivity index (χ1v) is 8.61. The Kier molecular flexibility index (Phi) is 5.55. The van der Waals surface area contributed by atoms with Gasteiger partial charge in [0.1, 0.15) is 0 Å². The van der Waals surface area contributed by atoms with Crippen molar-refractivity contribution in [3.8, 4) is 11.5 Å². The number of halogens is 1. The van der Waals surface area contributed by atoms with Gasteiger partial charge in [-0.3, -0.25) is 0 Å². The molecular formula is C17H26BrNO2. The third-order valence-electron chi connectivity index (χ3n) is 4.28. The Labute approximate surface area is 136 Å². The first-order valence-electron chi connectivity index (χ1n) is 7.82. The molecule has 0 bridgehead atoms. The van der Waals surface area contributed by atoms with E-state index in [9.17, 15) is 0 Å². The Morgan fingerprint density at radius 1 is 1.19 bits per heavy atom. The Hall–Kier alpha value is -0.740. The van der Waals surface area contributed by atoms with Crippen LogP contribution in [-0.4, -0.2) is 19.8 Å². The fraction of sp³-hybridized carbons (Fsp3) is 0.647. The summed E-state index contributed by atoms with van der Waals surface area (Å²) in [5.74, 6) is 1.70. The lowest BCUT2D eigenvalue weighted by atomic mass is 9.78. The summed E-state index contributed by atoms with van der Waals surface area (Å²) in [7, 11) is 0. The third kappa shape index (κ3) is 3.72. The Morgan fingerprint density at radius 2 is 1.81 bits per heavy atom. The van der Waals surface area contributed by atoms with Crippen LogP contribution in [0.3, 0.4) is 0 Å². The maximum Gasteiger partial charge on any atom is 0.162 e. The molecule has 2 rings (SSSR count). The van der Waals surface area contributed by atoms with Crippen molar-refractivity contribution in [2.45, 2.75) is 46.6 Å². The molecule has 3 nitrogen and oxygen atoms in total. The van der Waals surface area contributed by atoms with Gasteiger partial charge in [-0.1, -0.05) is 43.6 Å². The van der Waals surface area contributed by atoms with Gasteiger partial charge < -0.3 is 14.8 Å². The average molecular weight is 356 g/mol. The van der Waals surface area contributed by atoms with E-state index in [1.165, 1.54) is 5.56 Å². The van der Waals surface area contributed by atoms with Crippen LogP contribution in [-0.2, 0) is 0 Å². The molecule has 0 radical (unpaired) electrons. The van der Waals surface area contributed by atoms with Gasteiger partial charge in [0, 0.05) is 16.9 Å². The monoisotopic (exact) mass is 355 g/mol. The quantitative estimate of drug-likeness (QED) is 0.830. The van der Waals surface area contributed by atoms with E-state index in [4.69, 9.17) is 9.47 Å². The van der Waals surface area contributed by atoms with Crippen molar-refractivity contribution in [2.24, 2.45) is 5.41 Å². The SMILES string of the molecule is CCNC(c1cc2c(cc1Br)OCCCO2)C(C)(C)CC. The number of benzene rings is 1. The molecule has 0 aromatic heterocycles. The van der Waals surface area contributed by atoms with E-state index in [0.717, 1.165) is 48.6 Å². The van der Waals surface area contributed by atoms with Gasteiger partial charge in [-0.15, -0.1) is 0 Å². The van der Waals surface area contributed by atoms with Gasteiger partial charge in [0.25, 0.3) is 0 Å². The van der Waals surface area contributed by atoms with Gasteiger partial charge in [-0.05, 0) is 36.1 Å². The molecule has 0 saturated carbocycles. The van der Waals surface area contributed by atoms with Crippen molar-refractivity contribution in [2.75, 3.05) is 19.8 Å². The highest BCUT2D eigenvalue weighted by molar-refractivity contribution is 9.10. The lowest BCUT2D eigenvalue weighted by Crippen LogP contribution is -2.34. The molecule has 1 aromatic carbocycles. The Balaban J connectivity index is 2.43. The number of hydrogen-bond acceptors (Lipinski definition) is 3. The zero-order valence-electron chi connectivity index (χ0n) is 13.5. The highest BCUT2D eigenvalue weighted by atomic mass is 79.9. The van der Waals surface area contributed by atoms with Crippen molar-refractivity contribution in [1.82, 2.24) is 5.32 Å². The van der Waals surface area contributed by atoms with Crippen LogP contribution in [0.15, 0.2) is 16.6 Å². The van der Waals surface area contributed by atoms with E-state index in [1.807, 2.05) is 6.07 Å². The molecule has 1 atom stereocenters. The van der Waals surface area contributed by atoms with Crippen molar-refractivity contribution in [3.63, 3.8) is 0 Å². The number of hydrogen-bond donors (Lipinski definition) is 1. The molecule has 0 spiro atoms. The van der Waals surface area contributed by atoms with E-state index in [0.29, 0.717) is 0 Å². The molecule has 0 saturated heterocycles. The third-order valence-corrected chi connectivity index (χ3v) is 4.97. The summed E-state index contributed by atoms with van der Waals surface area (Å²) >= 11 is 3.72. The standard InChI is InChI=1S/C17H26BrNO2/c1-5-17(3,4)16(19-6-2)12-10-14-15(11-13(12)18)21-9-7-8-20-14/h10-11,16,19H,5-9H2,1-4H3. The molecule has 4 heteroatoms. The van der Waals surface area contributed by atoms with Crippen molar-refractivity contribution >= 4 is 15.9 Å². The molecule has 21 heavy (non-hydrogen) atoms. The lowest BCUT2D eigenvalue weighted by molar-refractivity contribution is 0.235. The van der Waals surface area contributed by atoms with Crippen LogP contribution < -0.4 is 14.8 Å². The summed E-state index contributed by atoms with van der Waals surface area (Å²) in [4.78, 5) is 0. The molecule has 1 aliphatic rings. The second-order valence-electron chi connectivity index (χ2n) is 6.20. The molecule has 1 unspecified atom stereocenters. The van der Waals surface area contributed by atoms with E-state index in [-0.39, 0.29) is 11.5 Å². The number of fused-ring (bicyclic) bond motifs is 1. The van der Waals surface area contributed by atoms with Crippen LogP contribution in [0.4, 0.5) is 0 Å². The van der Waals surface area contributed by atoms with Crippen LogP contribution in [0, 0.1) is 5.41 Å². The van der Waals surface area contributed by atoms with Crippen molar-refractivity contribution in [3.05, 3.63) is 22.2 Å². The van der Waals surface area contributed by atoms with Gasteiger partial charge in [0.05, 0.1) is 13.2 Å². The molecule has 1 aromatic rings. The van der Waals surface area contributed by atoms with Gasteiger partial charge in [-0.2, -0.15) is 0 Å². The van der Waals surface area contributed by atoms with Crippen molar-refractivity contribution in [1.29, 1.82) is 0 Å². The molecule has 1 aliphatic heterocycles. The topological polar surface area (TPSA) is 30.5 Å². The van der Waals surface area contributed by atoms with E-state index in [2.05, 4.69) is 55.0 Å². The highest BCUT2D eigenvalue weighted by Gasteiger charge is 2.31. The normalized spacial score (nSPS) is 16.4. The second-order valence-corrected chi connectivity index (χ2v) is 7.06. The molecule has 0 fully saturated rings. The summed E-state index contributed by atoms with van der Waals surface area (Å²) in [6, 6.07) is 4.46. The number of nitrogens with one attached hydrogen (secondary N) is 1. The van der Waals surface area contributed by atoms with E-state index < -0.39 is 0 Å². The minimum atomic E-state index is 0.165. The molecule has 1 heterocycles. The smallest absolute Gasteiger partial charge is 0.162 e. The largest absolute Gasteiger partial charge is 0.490 e. The van der Waals surface area contributed by atoms with Gasteiger partial charge in [0.15, 0.2) is 11.5 Å². The van der Waals surface area contributed by atoms with Crippen LogP contribution in [0.5, 0.6) is 11.5 Å². The minimum absolute atomic E-state index is 0.165. The predicted molar refractivity (Wildman–Crippen MR) is 90.2 cm³/mol. The first kappa shape index (κ1) is 16.6. The maximum atomic E-state index is 5.85. The Morgan fingerprint density at radius 3 is 2.38 bits per heavy atom. The summed E-state index contributed by atoms with van der Waals surface area (Å²) < 4.78 is 12.7. The molecule has 0 aliphatic carbocycles. The van der Waals surface area contributed by atoms with Gasteiger partial charge in [-0.25, -0.2) is 0 Å².